The quantitative estimate of drug-likeness (QED) is 0.266. The molecule has 1 atom stereocenters. The number of nitrogens with two attached hydrogens (primary N) is 1. The lowest BCUT2D eigenvalue weighted by molar-refractivity contribution is -0.0709. The van der Waals surface area contributed by atoms with E-state index in [9.17, 15) is 5.26 Å². The molecule has 198 valence electrons. The number of piperidine rings is 1. The van der Waals surface area contributed by atoms with Gasteiger partial charge in [0, 0.05) is 36.1 Å². The van der Waals surface area contributed by atoms with Crippen molar-refractivity contribution in [3.63, 3.8) is 0 Å². The maximum Gasteiger partial charge on any atom is 0.148 e. The van der Waals surface area contributed by atoms with Crippen LogP contribution in [0.5, 0.6) is 5.75 Å². The van der Waals surface area contributed by atoms with E-state index in [4.69, 9.17) is 25.3 Å². The van der Waals surface area contributed by atoms with Crippen LogP contribution in [0.15, 0.2) is 33.9 Å². The second-order valence-corrected chi connectivity index (χ2v) is 11.2. The number of fused-ring (bicyclic) bond motifs is 1. The largest absolute Gasteiger partial charge is 0.482 e. The number of pyridine rings is 1. The number of hydrazone groups is 1. The van der Waals surface area contributed by atoms with Gasteiger partial charge < -0.3 is 15.3 Å². The molecule has 1 saturated carbocycles. The zero-order valence-electron chi connectivity index (χ0n) is 21.7. The molecule has 1 unspecified atom stereocenters. The molecule has 3 aromatic rings. The number of rotatable bonds is 8. The summed E-state index contributed by atoms with van der Waals surface area (Å²) in [5, 5.41) is 21.5. The second kappa shape index (κ2) is 10.4. The molecule has 3 aliphatic rings. The Labute approximate surface area is 225 Å². The number of hydrogen-bond donors (Lipinski definition) is 1. The summed E-state index contributed by atoms with van der Waals surface area (Å²) in [6, 6.07) is 4.89. The van der Waals surface area contributed by atoms with Crippen molar-refractivity contribution in [2.45, 2.75) is 63.6 Å². The van der Waals surface area contributed by atoms with Crippen LogP contribution >= 0.6 is 11.3 Å². The summed E-state index contributed by atoms with van der Waals surface area (Å²) in [5.74, 6) is 7.04. The van der Waals surface area contributed by atoms with Gasteiger partial charge in [0.1, 0.15) is 34.7 Å². The maximum atomic E-state index is 9.70. The van der Waals surface area contributed by atoms with Crippen LogP contribution in [0.3, 0.4) is 0 Å². The first-order valence-corrected chi connectivity index (χ1v) is 14.1. The first kappa shape index (κ1) is 25.0. The molecule has 3 fully saturated rings. The van der Waals surface area contributed by atoms with Crippen LogP contribution in [0.2, 0.25) is 0 Å². The van der Waals surface area contributed by atoms with Gasteiger partial charge in [-0.2, -0.15) is 15.5 Å². The van der Waals surface area contributed by atoms with E-state index in [-0.39, 0.29) is 12.1 Å². The van der Waals surface area contributed by atoms with E-state index in [2.05, 4.69) is 26.5 Å². The zero-order valence-corrected chi connectivity index (χ0v) is 22.5. The third-order valence-corrected chi connectivity index (χ3v) is 8.67. The topological polar surface area (TPSA) is 126 Å². The monoisotopic (exact) mass is 532 g/mol. The number of nitriles is 1. The highest BCUT2D eigenvalue weighted by molar-refractivity contribution is 7.09. The van der Waals surface area contributed by atoms with Gasteiger partial charge in [0.15, 0.2) is 0 Å². The number of aliphatic imine (C=N–C) groups is 1. The Morgan fingerprint density at radius 1 is 1.29 bits per heavy atom. The van der Waals surface area contributed by atoms with Crippen molar-refractivity contribution >= 4 is 28.3 Å². The van der Waals surface area contributed by atoms with Gasteiger partial charge in [-0.25, -0.2) is 9.50 Å². The van der Waals surface area contributed by atoms with Crippen LogP contribution in [0, 0.1) is 11.3 Å². The molecule has 0 spiro atoms. The average molecular weight is 533 g/mol. The van der Waals surface area contributed by atoms with Crippen LogP contribution < -0.4 is 10.6 Å². The number of ether oxygens (including phenoxy) is 2. The minimum absolute atomic E-state index is 0.226. The molecule has 0 radical (unpaired) electrons. The Hall–Kier alpha value is -3.33. The Balaban J connectivity index is 1.25. The molecule has 2 N–H and O–H groups in total. The molecule has 38 heavy (non-hydrogen) atoms. The predicted octanol–water partition coefficient (Wildman–Crippen LogP) is 3.67. The molecule has 3 aromatic heterocycles. The Bertz CT molecular complexity index is 1420. The highest BCUT2D eigenvalue weighted by atomic mass is 32.1. The van der Waals surface area contributed by atoms with E-state index in [1.165, 1.54) is 17.8 Å². The highest BCUT2D eigenvalue weighted by Gasteiger charge is 2.30. The van der Waals surface area contributed by atoms with Crippen molar-refractivity contribution < 1.29 is 9.47 Å². The SMILES string of the molecule is CC(=NC1CCN(C2COC2)CC1)/C(=N\N)c1cc(OC(C)c2csc(C3CC3)n2)c2c(C#N)cnn2c1. The summed E-state index contributed by atoms with van der Waals surface area (Å²) in [5.41, 5.74) is 4.03. The van der Waals surface area contributed by atoms with Crippen molar-refractivity contribution in [3.05, 3.63) is 45.7 Å². The van der Waals surface area contributed by atoms with E-state index < -0.39 is 0 Å². The summed E-state index contributed by atoms with van der Waals surface area (Å²) in [7, 11) is 0. The fourth-order valence-corrected chi connectivity index (χ4v) is 6.24. The van der Waals surface area contributed by atoms with Crippen molar-refractivity contribution in [2.24, 2.45) is 15.9 Å². The van der Waals surface area contributed by atoms with E-state index in [0.717, 1.165) is 56.1 Å². The third-order valence-electron chi connectivity index (χ3n) is 7.64. The zero-order chi connectivity index (χ0) is 26.2. The molecule has 0 aromatic carbocycles. The summed E-state index contributed by atoms with van der Waals surface area (Å²) >= 11 is 1.69. The maximum absolute atomic E-state index is 9.70. The van der Waals surface area contributed by atoms with Gasteiger partial charge in [-0.3, -0.25) is 9.89 Å². The fourth-order valence-electron chi connectivity index (χ4n) is 5.17. The lowest BCUT2D eigenvalue weighted by Gasteiger charge is -2.40. The molecule has 2 saturated heterocycles. The number of likely N-dealkylation sites (tertiary alicyclic amines) is 1. The van der Waals surface area contributed by atoms with Crippen LogP contribution in [-0.4, -0.2) is 69.3 Å². The molecule has 11 heteroatoms. The Morgan fingerprint density at radius 2 is 2.08 bits per heavy atom. The van der Waals surface area contributed by atoms with E-state index in [1.807, 2.05) is 26.1 Å². The molecule has 10 nitrogen and oxygen atoms in total. The fraction of sp³-hybridized carbons (Fsp3) is 0.519. The standard InChI is InChI=1S/C27H32N8O2S/c1-16(31-21-5-7-34(8-6-21)22-13-36-14-22)25(33-29)19-9-24(26-20(10-28)11-30-35(26)12-19)37-17(2)23-15-38-27(32-23)18-3-4-18/h9,11-12,15,17-18,21-22H,3-8,13-14,29H2,1-2H3/b31-16?,33-25+. The van der Waals surface area contributed by atoms with Crippen LogP contribution in [0.4, 0.5) is 0 Å². The Morgan fingerprint density at radius 3 is 2.74 bits per heavy atom. The molecular formula is C27H32N8O2S. The summed E-state index contributed by atoms with van der Waals surface area (Å²) in [6.45, 7) is 7.65. The lowest BCUT2D eigenvalue weighted by Crippen LogP contribution is -2.52. The van der Waals surface area contributed by atoms with Gasteiger partial charge in [0.05, 0.1) is 47.9 Å². The van der Waals surface area contributed by atoms with Crippen LogP contribution in [0.1, 0.15) is 73.4 Å². The van der Waals surface area contributed by atoms with Crippen LogP contribution in [-0.2, 0) is 4.74 Å². The van der Waals surface area contributed by atoms with Crippen LogP contribution in [0.25, 0.3) is 5.52 Å². The summed E-state index contributed by atoms with van der Waals surface area (Å²) in [6.07, 6.45) is 7.50. The molecule has 0 bridgehead atoms. The summed E-state index contributed by atoms with van der Waals surface area (Å²) in [4.78, 5) is 12.3. The minimum atomic E-state index is -0.293. The molecule has 1 aliphatic carbocycles. The summed E-state index contributed by atoms with van der Waals surface area (Å²) < 4.78 is 13.4. The number of aromatic nitrogens is 3. The first-order chi connectivity index (χ1) is 18.5. The average Bonchev–Trinajstić information content (AvgIpc) is 3.45. The van der Waals surface area contributed by atoms with Gasteiger partial charge >= 0.3 is 0 Å². The lowest BCUT2D eigenvalue weighted by atomic mass is 10.0. The van der Waals surface area contributed by atoms with Gasteiger partial charge in [-0.15, -0.1) is 11.3 Å². The predicted molar refractivity (Wildman–Crippen MR) is 146 cm³/mol. The minimum Gasteiger partial charge on any atom is -0.482 e. The smallest absolute Gasteiger partial charge is 0.148 e. The van der Waals surface area contributed by atoms with E-state index in [0.29, 0.717) is 34.5 Å². The van der Waals surface area contributed by atoms with Gasteiger partial charge in [0.2, 0.25) is 0 Å². The van der Waals surface area contributed by atoms with E-state index in [1.54, 1.807) is 22.0 Å². The Kier molecular flexibility index (Phi) is 6.86. The molecule has 6 rings (SSSR count). The second-order valence-electron chi connectivity index (χ2n) is 10.4. The number of thiazole rings is 1. The van der Waals surface area contributed by atoms with Crippen molar-refractivity contribution in [3.8, 4) is 11.8 Å². The number of hydrogen-bond acceptors (Lipinski definition) is 10. The molecule has 0 amide bonds. The van der Waals surface area contributed by atoms with Gasteiger partial charge in [0.25, 0.3) is 0 Å². The molecule has 2 aliphatic heterocycles. The van der Waals surface area contributed by atoms with Crippen molar-refractivity contribution in [1.82, 2.24) is 19.5 Å². The molecular weight excluding hydrogens is 500 g/mol. The molecule has 5 heterocycles. The van der Waals surface area contributed by atoms with Gasteiger partial charge in [-0.1, -0.05) is 0 Å². The van der Waals surface area contributed by atoms with E-state index >= 15 is 0 Å². The van der Waals surface area contributed by atoms with Crippen molar-refractivity contribution in [2.75, 3.05) is 26.3 Å². The van der Waals surface area contributed by atoms with Gasteiger partial charge in [-0.05, 0) is 45.6 Å². The van der Waals surface area contributed by atoms with Crippen molar-refractivity contribution in [1.29, 1.82) is 5.26 Å². The third kappa shape index (κ3) is 4.91. The first-order valence-electron chi connectivity index (χ1n) is 13.2. The number of nitrogens with zero attached hydrogens (tertiary/aromatic N) is 7. The normalized spacial score (nSPS) is 20.9. The highest BCUT2D eigenvalue weighted by Crippen LogP contribution is 2.42.